The number of pyridine rings is 1. The molecule has 3 aromatic carbocycles. The Bertz CT molecular complexity index is 2620. The van der Waals surface area contributed by atoms with Crippen molar-refractivity contribution in [1.82, 2.24) is 24.5 Å². The van der Waals surface area contributed by atoms with Crippen LogP contribution in [0.3, 0.4) is 0 Å². The van der Waals surface area contributed by atoms with Gasteiger partial charge in [0.25, 0.3) is 21.6 Å². The van der Waals surface area contributed by atoms with Gasteiger partial charge in [0.15, 0.2) is 0 Å². The molecule has 1 saturated heterocycles. The van der Waals surface area contributed by atoms with Crippen LogP contribution in [0.15, 0.2) is 94.5 Å². The molecular weight excluding hydrogens is 834 g/mol. The molecule has 1 aliphatic carbocycles. The summed E-state index contributed by atoms with van der Waals surface area (Å²) >= 11 is 7.64. The maximum Gasteiger partial charge on any atom is 0.275 e. The van der Waals surface area contributed by atoms with Gasteiger partial charge in [-0.15, -0.1) is 11.8 Å². The van der Waals surface area contributed by atoms with Gasteiger partial charge in [-0.3, -0.25) is 19.8 Å². The van der Waals surface area contributed by atoms with Gasteiger partial charge < -0.3 is 19.5 Å². The fraction of sp³-hybridized carbons (Fsp3) is 0.378. The lowest BCUT2D eigenvalue weighted by Gasteiger charge is -2.39. The summed E-state index contributed by atoms with van der Waals surface area (Å²) in [4.78, 5) is 40.1. The van der Waals surface area contributed by atoms with Gasteiger partial charge in [-0.05, 0) is 105 Å². The highest BCUT2D eigenvalue weighted by Crippen LogP contribution is 2.44. The van der Waals surface area contributed by atoms with E-state index >= 15 is 0 Å². The second-order valence-corrected chi connectivity index (χ2v) is 20.5. The van der Waals surface area contributed by atoms with Crippen molar-refractivity contribution < 1.29 is 22.9 Å². The molecule has 1 amide bonds. The van der Waals surface area contributed by atoms with Crippen molar-refractivity contribution in [2.45, 2.75) is 49.3 Å². The summed E-state index contributed by atoms with van der Waals surface area (Å²) in [6.45, 7) is 9.43. The molecule has 0 bridgehead atoms. The number of rotatable bonds is 12. The van der Waals surface area contributed by atoms with Gasteiger partial charge in [-0.1, -0.05) is 43.2 Å². The van der Waals surface area contributed by atoms with Crippen LogP contribution in [0.4, 0.5) is 11.4 Å². The molecule has 5 aromatic rings. The Morgan fingerprint density at radius 3 is 2.59 bits per heavy atom. The normalized spacial score (nSPS) is 18.3. The van der Waals surface area contributed by atoms with E-state index in [1.807, 2.05) is 37.2 Å². The van der Waals surface area contributed by atoms with Crippen LogP contribution in [0.2, 0.25) is 5.02 Å². The Morgan fingerprint density at radius 1 is 1.08 bits per heavy atom. The molecule has 3 aliphatic rings. The van der Waals surface area contributed by atoms with Gasteiger partial charge in [-0.2, -0.15) is 0 Å². The molecule has 1 atom stereocenters. The summed E-state index contributed by atoms with van der Waals surface area (Å²) in [5, 5.41) is 13.8. The van der Waals surface area contributed by atoms with E-state index < -0.39 is 20.9 Å². The van der Waals surface area contributed by atoms with Crippen molar-refractivity contribution in [3.63, 3.8) is 0 Å². The standard InChI is InChI=1S/C45H50ClN7O6S2/c1-45(2)13-11-32(39(24-45)30-5-7-33(46)8-6-30)27-51-15-17-52(18-16-51)34-9-10-37(41(21-34)59-35-20-31-12-14-47-43(31)48-25-35)44(54)49-61(57,58)36-22-40(53(55)56)38-19-29(26-50(3)4)28-60-42(38)23-36/h5-10,12,14,20-23,25,29H,11,13,15-19,24,26-28H2,1-4H3,(H,47,48)(H,49,54)/t29-/m1/s1. The van der Waals surface area contributed by atoms with E-state index in [1.165, 1.54) is 40.7 Å². The minimum Gasteiger partial charge on any atom is -0.455 e. The zero-order valence-corrected chi connectivity index (χ0v) is 37.1. The van der Waals surface area contributed by atoms with Gasteiger partial charge in [0, 0.05) is 89.9 Å². The molecule has 320 valence electrons. The fourth-order valence-electron chi connectivity index (χ4n) is 8.66. The molecule has 2 aliphatic heterocycles. The molecular formula is C45H50ClN7O6S2. The second kappa shape index (κ2) is 17.4. The minimum atomic E-state index is -4.54. The van der Waals surface area contributed by atoms with E-state index in [0.717, 1.165) is 80.7 Å². The van der Waals surface area contributed by atoms with E-state index in [4.69, 9.17) is 16.3 Å². The number of sulfonamides is 1. The number of hydrogen-bond acceptors (Lipinski definition) is 11. The van der Waals surface area contributed by atoms with E-state index in [9.17, 15) is 23.3 Å². The number of carbonyl (C=O) groups is 1. The first-order chi connectivity index (χ1) is 29.1. The average Bonchev–Trinajstić information content (AvgIpc) is 3.69. The van der Waals surface area contributed by atoms with Crippen molar-refractivity contribution in [2.75, 3.05) is 64.0 Å². The molecule has 8 rings (SSSR count). The van der Waals surface area contributed by atoms with Crippen molar-refractivity contribution in [2.24, 2.45) is 11.3 Å². The summed E-state index contributed by atoms with van der Waals surface area (Å²) in [6, 6.07) is 19.4. The van der Waals surface area contributed by atoms with Crippen LogP contribution in [-0.4, -0.2) is 98.1 Å². The summed E-state index contributed by atoms with van der Waals surface area (Å²) in [6.07, 6.45) is 6.96. The number of fused-ring (bicyclic) bond motifs is 2. The number of thioether (sulfide) groups is 1. The third-order valence-electron chi connectivity index (χ3n) is 11.8. The molecule has 4 heterocycles. The highest BCUT2D eigenvalue weighted by Gasteiger charge is 2.33. The lowest BCUT2D eigenvalue weighted by Crippen LogP contribution is -2.47. The van der Waals surface area contributed by atoms with Gasteiger partial charge in [0.05, 0.1) is 21.6 Å². The number of allylic oxidation sites excluding steroid dienone is 1. The summed E-state index contributed by atoms with van der Waals surface area (Å²) in [5.41, 5.74) is 6.06. The molecule has 0 saturated carbocycles. The zero-order valence-electron chi connectivity index (χ0n) is 34.7. The SMILES string of the molecule is CN(C)C[C@@H]1CSc2cc(S(=O)(=O)NC(=O)c3ccc(N4CCN(CC5=C(c6ccc(Cl)cc6)CC(C)(C)CC5)CC4)cc3Oc3cnc4[nH]ccc4c3)cc([N+](=O)[O-])c2C1. The topological polar surface area (TPSA) is 154 Å². The van der Waals surface area contributed by atoms with Crippen LogP contribution >= 0.6 is 23.4 Å². The van der Waals surface area contributed by atoms with E-state index in [2.05, 4.69) is 50.5 Å². The van der Waals surface area contributed by atoms with Crippen LogP contribution in [-0.2, 0) is 16.4 Å². The number of hydrogen-bond donors (Lipinski definition) is 2. The number of aromatic amines is 1. The van der Waals surface area contributed by atoms with Crippen molar-refractivity contribution in [1.29, 1.82) is 0 Å². The Labute approximate surface area is 365 Å². The number of anilines is 1. The number of benzene rings is 3. The Kier molecular flexibility index (Phi) is 12.2. The zero-order chi connectivity index (χ0) is 43.1. The van der Waals surface area contributed by atoms with Crippen LogP contribution in [0, 0.1) is 21.4 Å². The van der Waals surface area contributed by atoms with Gasteiger partial charge in [-0.25, -0.2) is 18.1 Å². The number of nitro groups is 1. The molecule has 0 spiro atoms. The smallest absolute Gasteiger partial charge is 0.275 e. The highest BCUT2D eigenvalue weighted by atomic mass is 35.5. The Balaban J connectivity index is 1.03. The summed E-state index contributed by atoms with van der Waals surface area (Å²) in [7, 11) is -0.643. The van der Waals surface area contributed by atoms with Crippen LogP contribution in [0.25, 0.3) is 16.6 Å². The minimum absolute atomic E-state index is 0.0182. The monoisotopic (exact) mass is 883 g/mol. The number of ether oxygens (including phenoxy) is 1. The maximum absolute atomic E-state index is 14.0. The molecule has 61 heavy (non-hydrogen) atoms. The number of halogens is 1. The number of carbonyl (C=O) groups excluding carboxylic acids is 1. The fourth-order valence-corrected chi connectivity index (χ4v) is 11.1. The number of nitrogens with zero attached hydrogens (tertiary/aromatic N) is 5. The first-order valence-electron chi connectivity index (χ1n) is 20.5. The van der Waals surface area contributed by atoms with Gasteiger partial charge in [0.1, 0.15) is 17.1 Å². The highest BCUT2D eigenvalue weighted by molar-refractivity contribution is 7.99. The third-order valence-corrected chi connectivity index (χ3v) is 14.7. The predicted molar refractivity (Wildman–Crippen MR) is 241 cm³/mol. The Morgan fingerprint density at radius 2 is 1.85 bits per heavy atom. The van der Waals surface area contributed by atoms with E-state index in [1.54, 1.807) is 30.5 Å². The first-order valence-corrected chi connectivity index (χ1v) is 23.3. The summed E-state index contributed by atoms with van der Waals surface area (Å²) < 4.78 is 36.2. The number of nitro benzene ring substituents is 1. The second-order valence-electron chi connectivity index (χ2n) is 17.3. The first kappa shape index (κ1) is 42.7. The van der Waals surface area contributed by atoms with Crippen LogP contribution < -0.4 is 14.4 Å². The van der Waals surface area contributed by atoms with E-state index in [0.29, 0.717) is 34.0 Å². The lowest BCUT2D eigenvalue weighted by molar-refractivity contribution is -0.386. The molecule has 16 heteroatoms. The molecule has 13 nitrogen and oxygen atoms in total. The van der Waals surface area contributed by atoms with Crippen LogP contribution in [0.5, 0.6) is 11.5 Å². The van der Waals surface area contributed by atoms with Crippen molar-refractivity contribution in [3.8, 4) is 11.5 Å². The van der Waals surface area contributed by atoms with Crippen molar-refractivity contribution in [3.05, 3.63) is 117 Å². The average molecular weight is 885 g/mol. The molecule has 1 fully saturated rings. The predicted octanol–water partition coefficient (Wildman–Crippen LogP) is 8.65. The number of piperazine rings is 1. The summed E-state index contributed by atoms with van der Waals surface area (Å²) in [5.74, 6) is 0.437. The quantitative estimate of drug-likeness (QED) is 0.0915. The number of H-pyrrole nitrogens is 1. The van der Waals surface area contributed by atoms with Gasteiger partial charge >= 0.3 is 0 Å². The number of amides is 1. The number of aromatic nitrogens is 2. The van der Waals surface area contributed by atoms with E-state index in [-0.39, 0.29) is 33.2 Å². The molecule has 2 aromatic heterocycles. The van der Waals surface area contributed by atoms with Gasteiger partial charge in [0.2, 0.25) is 0 Å². The molecule has 0 radical (unpaired) electrons. The molecule has 0 unspecified atom stereocenters. The number of nitrogens with one attached hydrogen (secondary N) is 2. The van der Waals surface area contributed by atoms with Crippen LogP contribution in [0.1, 0.15) is 54.6 Å². The van der Waals surface area contributed by atoms with Crippen molar-refractivity contribution >= 4 is 67.3 Å². The Hall–Kier alpha value is -4.93. The lowest BCUT2D eigenvalue weighted by atomic mass is 9.72. The maximum atomic E-state index is 14.0. The largest absolute Gasteiger partial charge is 0.455 e. The molecule has 2 N–H and O–H groups in total. The third kappa shape index (κ3) is 9.76.